The van der Waals surface area contributed by atoms with Crippen molar-refractivity contribution in [2.24, 2.45) is 5.41 Å². The minimum atomic E-state index is -1.08. The lowest BCUT2D eigenvalue weighted by atomic mass is 10.0. The van der Waals surface area contributed by atoms with Gasteiger partial charge in [-0.25, -0.2) is 4.39 Å². The van der Waals surface area contributed by atoms with Crippen molar-refractivity contribution in [2.45, 2.75) is 26.3 Å². The van der Waals surface area contributed by atoms with Gasteiger partial charge in [-0.1, -0.05) is 23.7 Å². The average Bonchev–Trinajstić information content (AvgIpc) is 3.46. The molecule has 2 N–H and O–H groups in total. The fraction of sp³-hybridized carbons (Fsp3) is 0.300. The van der Waals surface area contributed by atoms with Crippen LogP contribution in [0.15, 0.2) is 36.4 Å². The van der Waals surface area contributed by atoms with Crippen molar-refractivity contribution >= 4 is 29.1 Å². The van der Waals surface area contributed by atoms with Crippen LogP contribution in [-0.4, -0.2) is 18.9 Å². The van der Waals surface area contributed by atoms with Crippen LogP contribution in [0, 0.1) is 18.2 Å². The second-order valence-electron chi connectivity index (χ2n) is 6.65. The number of nitrogens with one attached hydrogen (secondary N) is 2. The molecule has 0 saturated heterocycles. The van der Waals surface area contributed by atoms with E-state index in [1.165, 1.54) is 19.2 Å². The Bertz CT molecular complexity index is 880. The van der Waals surface area contributed by atoms with Crippen molar-refractivity contribution in [1.29, 1.82) is 0 Å². The fourth-order valence-electron chi connectivity index (χ4n) is 2.81. The first-order valence-electron chi connectivity index (χ1n) is 8.54. The highest BCUT2D eigenvalue weighted by atomic mass is 35.5. The number of benzene rings is 2. The summed E-state index contributed by atoms with van der Waals surface area (Å²) in [6, 6.07) is 9.19. The highest BCUT2D eigenvalue weighted by Crippen LogP contribution is 2.47. The smallest absolute Gasteiger partial charge is 0.240 e. The maximum atomic E-state index is 13.0. The first kappa shape index (κ1) is 19.2. The third kappa shape index (κ3) is 4.06. The summed E-state index contributed by atoms with van der Waals surface area (Å²) in [5, 5.41) is 6.08. The molecule has 0 aromatic heterocycles. The van der Waals surface area contributed by atoms with E-state index >= 15 is 0 Å². The molecule has 0 heterocycles. The summed E-state index contributed by atoms with van der Waals surface area (Å²) in [6.45, 7) is 2.05. The summed E-state index contributed by atoms with van der Waals surface area (Å²) in [5.74, 6) is -0.620. The van der Waals surface area contributed by atoms with Crippen LogP contribution >= 0.6 is 11.6 Å². The van der Waals surface area contributed by atoms with Gasteiger partial charge in [0, 0.05) is 17.6 Å². The number of aryl methyl sites for hydroxylation is 1. The molecule has 2 aromatic rings. The maximum absolute atomic E-state index is 13.0. The molecule has 2 aromatic carbocycles. The summed E-state index contributed by atoms with van der Waals surface area (Å²) in [6.07, 6.45) is 0.950. The second kappa shape index (κ2) is 7.56. The number of hydrogen-bond acceptors (Lipinski definition) is 3. The van der Waals surface area contributed by atoms with Gasteiger partial charge in [0.1, 0.15) is 17.0 Å². The summed E-state index contributed by atoms with van der Waals surface area (Å²) in [5.41, 5.74) is 0.940. The van der Waals surface area contributed by atoms with Gasteiger partial charge < -0.3 is 15.4 Å². The molecule has 142 valence electrons. The zero-order chi connectivity index (χ0) is 19.6. The van der Waals surface area contributed by atoms with E-state index in [1.54, 1.807) is 24.3 Å². The van der Waals surface area contributed by atoms with Crippen molar-refractivity contribution in [3.8, 4) is 5.75 Å². The number of methoxy groups -OCH3 is 1. The number of rotatable bonds is 6. The van der Waals surface area contributed by atoms with Crippen LogP contribution < -0.4 is 15.4 Å². The summed E-state index contributed by atoms with van der Waals surface area (Å²) < 4.78 is 18.2. The van der Waals surface area contributed by atoms with E-state index in [4.69, 9.17) is 16.3 Å². The first-order chi connectivity index (χ1) is 12.9. The zero-order valence-electron chi connectivity index (χ0n) is 15.1. The molecule has 2 amide bonds. The summed E-state index contributed by atoms with van der Waals surface area (Å²) in [7, 11) is 1.49. The molecule has 3 rings (SSSR count). The van der Waals surface area contributed by atoms with E-state index in [9.17, 15) is 14.0 Å². The molecular weight excluding hydrogens is 371 g/mol. The Morgan fingerprint density at radius 3 is 2.44 bits per heavy atom. The van der Waals surface area contributed by atoms with Gasteiger partial charge in [0.15, 0.2) is 0 Å². The van der Waals surface area contributed by atoms with E-state index in [-0.39, 0.29) is 24.2 Å². The van der Waals surface area contributed by atoms with Crippen LogP contribution in [0.3, 0.4) is 0 Å². The first-order valence-corrected chi connectivity index (χ1v) is 8.92. The lowest BCUT2D eigenvalue weighted by molar-refractivity contribution is -0.134. The van der Waals surface area contributed by atoms with E-state index in [0.717, 1.165) is 11.1 Å². The average molecular weight is 391 g/mol. The Hall–Kier alpha value is -2.60. The molecule has 1 aliphatic carbocycles. The van der Waals surface area contributed by atoms with Crippen LogP contribution in [-0.2, 0) is 16.1 Å². The molecule has 7 heteroatoms. The Kier molecular flexibility index (Phi) is 5.37. The molecule has 0 unspecified atom stereocenters. The minimum Gasteiger partial charge on any atom is -0.495 e. The number of hydrogen-bond donors (Lipinski definition) is 2. The molecule has 5 nitrogen and oxygen atoms in total. The lowest BCUT2D eigenvalue weighted by Gasteiger charge is -2.17. The van der Waals surface area contributed by atoms with Crippen molar-refractivity contribution in [2.75, 3.05) is 12.4 Å². The largest absolute Gasteiger partial charge is 0.495 e. The lowest BCUT2D eigenvalue weighted by Crippen LogP contribution is -2.39. The van der Waals surface area contributed by atoms with Gasteiger partial charge in [-0.15, -0.1) is 0 Å². The molecule has 0 atom stereocenters. The highest BCUT2D eigenvalue weighted by molar-refractivity contribution is 6.31. The van der Waals surface area contributed by atoms with Crippen LogP contribution in [0.2, 0.25) is 5.02 Å². The van der Waals surface area contributed by atoms with Gasteiger partial charge in [0.05, 0.1) is 12.8 Å². The van der Waals surface area contributed by atoms with Crippen molar-refractivity contribution in [3.63, 3.8) is 0 Å². The van der Waals surface area contributed by atoms with Crippen molar-refractivity contribution in [1.82, 2.24) is 5.32 Å². The maximum Gasteiger partial charge on any atom is 0.240 e. The molecule has 0 aliphatic heterocycles. The normalized spacial score (nSPS) is 14.4. The number of halogens is 2. The third-order valence-electron chi connectivity index (χ3n) is 4.71. The van der Waals surface area contributed by atoms with E-state index in [0.29, 0.717) is 29.3 Å². The van der Waals surface area contributed by atoms with Gasteiger partial charge >= 0.3 is 0 Å². The van der Waals surface area contributed by atoms with E-state index in [2.05, 4.69) is 10.6 Å². The SMILES string of the molecule is COc1cc(Cl)c(C)cc1NC(=O)C1(C(=O)NCc2ccc(F)cc2)CC1. The van der Waals surface area contributed by atoms with Gasteiger partial charge in [-0.2, -0.15) is 0 Å². The molecule has 1 aliphatic rings. The zero-order valence-corrected chi connectivity index (χ0v) is 15.8. The topological polar surface area (TPSA) is 67.4 Å². The Balaban J connectivity index is 1.68. The molecule has 0 spiro atoms. The number of ether oxygens (including phenoxy) is 1. The second-order valence-corrected chi connectivity index (χ2v) is 7.05. The van der Waals surface area contributed by atoms with Crippen LogP contribution in [0.1, 0.15) is 24.0 Å². The van der Waals surface area contributed by atoms with Crippen molar-refractivity contribution in [3.05, 3.63) is 58.4 Å². The number of carbonyl (C=O) groups excluding carboxylic acids is 2. The van der Waals surface area contributed by atoms with Crippen LogP contribution in [0.5, 0.6) is 5.75 Å². The van der Waals surface area contributed by atoms with E-state index < -0.39 is 5.41 Å². The highest BCUT2D eigenvalue weighted by Gasteiger charge is 2.56. The third-order valence-corrected chi connectivity index (χ3v) is 5.12. The van der Waals surface area contributed by atoms with Crippen LogP contribution in [0.4, 0.5) is 10.1 Å². The summed E-state index contributed by atoms with van der Waals surface area (Å²) in [4.78, 5) is 25.3. The van der Waals surface area contributed by atoms with Gasteiger partial charge in [-0.05, 0) is 49.1 Å². The van der Waals surface area contributed by atoms with E-state index in [1.807, 2.05) is 6.92 Å². The molecular formula is C20H20ClFN2O3. The fourth-order valence-corrected chi connectivity index (χ4v) is 2.96. The molecule has 0 bridgehead atoms. The van der Waals surface area contributed by atoms with Crippen LogP contribution in [0.25, 0.3) is 0 Å². The Morgan fingerprint density at radius 1 is 1.19 bits per heavy atom. The van der Waals surface area contributed by atoms with Gasteiger partial charge in [-0.3, -0.25) is 9.59 Å². The standard InChI is InChI=1S/C20H20ClFN2O3/c1-12-9-16(17(27-2)10-15(12)21)24-19(26)20(7-8-20)18(25)23-11-13-3-5-14(22)6-4-13/h3-6,9-10H,7-8,11H2,1-2H3,(H,23,25)(H,24,26). The number of amides is 2. The monoisotopic (exact) mass is 390 g/mol. The van der Waals surface area contributed by atoms with Gasteiger partial charge in [0.25, 0.3) is 0 Å². The Labute approximate surface area is 161 Å². The molecule has 0 radical (unpaired) electrons. The number of carbonyl (C=O) groups is 2. The quantitative estimate of drug-likeness (QED) is 0.736. The van der Waals surface area contributed by atoms with Crippen molar-refractivity contribution < 1.29 is 18.7 Å². The summed E-state index contributed by atoms with van der Waals surface area (Å²) >= 11 is 6.08. The Morgan fingerprint density at radius 2 is 1.85 bits per heavy atom. The number of anilines is 1. The molecule has 1 fully saturated rings. The predicted molar refractivity (Wildman–Crippen MR) is 101 cm³/mol. The minimum absolute atomic E-state index is 0.234. The molecule has 27 heavy (non-hydrogen) atoms. The predicted octanol–water partition coefficient (Wildman–Crippen LogP) is 3.83. The molecule has 1 saturated carbocycles. The van der Waals surface area contributed by atoms with Gasteiger partial charge in [0.2, 0.25) is 11.8 Å².